The van der Waals surface area contributed by atoms with Crippen molar-refractivity contribution in [1.29, 1.82) is 0 Å². The van der Waals surface area contributed by atoms with E-state index in [2.05, 4.69) is 12.3 Å². The Bertz CT molecular complexity index is 1050. The van der Waals surface area contributed by atoms with Gasteiger partial charge in [0.2, 0.25) is 5.91 Å². The molecule has 0 saturated carbocycles. The Hall–Kier alpha value is -2.96. The number of rotatable bonds is 13. The van der Waals surface area contributed by atoms with Crippen LogP contribution in [0.3, 0.4) is 0 Å². The average molecular weight is 504 g/mol. The van der Waals surface area contributed by atoms with Gasteiger partial charge in [-0.2, -0.15) is 0 Å². The summed E-state index contributed by atoms with van der Waals surface area (Å²) in [7, 11) is 0. The second-order valence-corrected chi connectivity index (χ2v) is 10.4. The minimum Gasteiger partial charge on any atom is -0.391 e. The summed E-state index contributed by atoms with van der Waals surface area (Å²) in [5, 5.41) is 13.1. The summed E-state index contributed by atoms with van der Waals surface area (Å²) in [5.74, 6) is -1.10. The number of aliphatic hydroxyl groups excluding tert-OH is 1. The van der Waals surface area contributed by atoms with Crippen LogP contribution in [0.1, 0.15) is 70.3 Å². The van der Waals surface area contributed by atoms with Crippen molar-refractivity contribution < 1.29 is 14.7 Å². The van der Waals surface area contributed by atoms with E-state index < -0.39 is 24.1 Å². The first-order chi connectivity index (χ1) is 18.0. The van der Waals surface area contributed by atoms with Gasteiger partial charge in [0.25, 0.3) is 5.91 Å². The lowest BCUT2D eigenvalue weighted by Crippen LogP contribution is -2.57. The second kappa shape index (κ2) is 13.0. The fourth-order valence-corrected chi connectivity index (χ4v) is 5.39. The van der Waals surface area contributed by atoms with Crippen LogP contribution in [0.15, 0.2) is 66.7 Å². The van der Waals surface area contributed by atoms with Gasteiger partial charge in [0.1, 0.15) is 6.04 Å². The van der Waals surface area contributed by atoms with E-state index in [4.69, 9.17) is 0 Å². The van der Waals surface area contributed by atoms with Crippen LogP contribution in [0, 0.1) is 12.8 Å². The van der Waals surface area contributed by atoms with Crippen molar-refractivity contribution in [2.45, 2.75) is 89.8 Å². The Morgan fingerprint density at radius 3 is 2.16 bits per heavy atom. The standard InChI is InChI=1S/C31H41N3O3/c1-3-4-5-6-7-8-9-13-16-28(35)27-22-21-26-29(34(27)32-24-19-17-23(2)18-20-24)31(37)33(30(26)36)25-14-11-10-12-15-25/h10-12,14-15,17-22,26-29,32,35H,3-9,13,16H2,1-2H3. The number of amides is 2. The lowest BCUT2D eigenvalue weighted by atomic mass is 9.91. The zero-order valence-electron chi connectivity index (χ0n) is 22.2. The largest absolute Gasteiger partial charge is 0.391 e. The van der Waals surface area contributed by atoms with E-state index in [9.17, 15) is 14.7 Å². The summed E-state index contributed by atoms with van der Waals surface area (Å²) in [4.78, 5) is 28.3. The average Bonchev–Trinajstić information content (AvgIpc) is 3.17. The van der Waals surface area contributed by atoms with Gasteiger partial charge >= 0.3 is 0 Å². The summed E-state index contributed by atoms with van der Waals surface area (Å²) in [6.07, 6.45) is 13.3. The molecule has 2 aliphatic rings. The topological polar surface area (TPSA) is 72.9 Å². The predicted molar refractivity (Wildman–Crippen MR) is 149 cm³/mol. The van der Waals surface area contributed by atoms with Crippen molar-refractivity contribution >= 4 is 23.2 Å². The number of carbonyl (C=O) groups is 2. The highest BCUT2D eigenvalue weighted by Gasteiger charge is 2.53. The first-order valence-electron chi connectivity index (χ1n) is 13.9. The van der Waals surface area contributed by atoms with E-state index in [1.165, 1.54) is 43.4 Å². The van der Waals surface area contributed by atoms with Crippen LogP contribution < -0.4 is 10.3 Å². The fraction of sp³-hybridized carbons (Fsp3) is 0.484. The molecule has 2 heterocycles. The molecule has 4 atom stereocenters. The highest BCUT2D eigenvalue weighted by atomic mass is 16.3. The molecule has 0 aliphatic carbocycles. The number of unbranched alkanes of at least 4 members (excludes halogenated alkanes) is 7. The maximum atomic E-state index is 13.7. The van der Waals surface area contributed by atoms with Crippen LogP contribution >= 0.6 is 0 Å². The lowest BCUT2D eigenvalue weighted by molar-refractivity contribution is -0.123. The van der Waals surface area contributed by atoms with E-state index in [0.29, 0.717) is 12.1 Å². The third-order valence-electron chi connectivity index (χ3n) is 7.53. The molecule has 0 bridgehead atoms. The van der Waals surface area contributed by atoms with E-state index in [-0.39, 0.29) is 11.8 Å². The summed E-state index contributed by atoms with van der Waals surface area (Å²) in [5.41, 5.74) is 5.92. The number of anilines is 2. The Labute approximate surface area is 221 Å². The summed E-state index contributed by atoms with van der Waals surface area (Å²) >= 11 is 0. The van der Waals surface area contributed by atoms with Crippen LogP contribution in [0.25, 0.3) is 0 Å². The molecular formula is C31H41N3O3. The minimum atomic E-state index is -0.725. The molecule has 37 heavy (non-hydrogen) atoms. The molecule has 2 aromatic carbocycles. The molecule has 198 valence electrons. The molecule has 1 fully saturated rings. The van der Waals surface area contributed by atoms with Crippen LogP contribution in [-0.4, -0.2) is 40.1 Å². The number of benzene rings is 2. The molecule has 1 saturated heterocycles. The third kappa shape index (κ3) is 6.49. The maximum Gasteiger partial charge on any atom is 0.254 e. The number of hydrazine groups is 1. The smallest absolute Gasteiger partial charge is 0.254 e. The molecule has 2 amide bonds. The molecule has 4 unspecified atom stereocenters. The van der Waals surface area contributed by atoms with Crippen LogP contribution in [0.5, 0.6) is 0 Å². The normalized spacial score (nSPS) is 22.4. The van der Waals surface area contributed by atoms with Crippen molar-refractivity contribution in [1.82, 2.24) is 5.01 Å². The van der Waals surface area contributed by atoms with Crippen molar-refractivity contribution in [2.24, 2.45) is 5.92 Å². The van der Waals surface area contributed by atoms with Crippen molar-refractivity contribution in [3.05, 3.63) is 72.3 Å². The second-order valence-electron chi connectivity index (χ2n) is 10.4. The number of para-hydroxylation sites is 1. The summed E-state index contributed by atoms with van der Waals surface area (Å²) in [6, 6.07) is 15.9. The number of hydrogen-bond acceptors (Lipinski definition) is 5. The molecule has 0 aromatic heterocycles. The van der Waals surface area contributed by atoms with Gasteiger partial charge in [0.05, 0.1) is 23.8 Å². The van der Waals surface area contributed by atoms with E-state index >= 15 is 0 Å². The number of aryl methyl sites for hydroxylation is 1. The zero-order valence-corrected chi connectivity index (χ0v) is 22.2. The number of nitrogens with one attached hydrogen (secondary N) is 1. The van der Waals surface area contributed by atoms with E-state index in [1.54, 1.807) is 12.1 Å². The number of aliphatic hydroxyl groups is 1. The Morgan fingerprint density at radius 1 is 0.838 bits per heavy atom. The molecule has 2 aliphatic heterocycles. The van der Waals surface area contributed by atoms with Gasteiger partial charge in [-0.1, -0.05) is 106 Å². The molecule has 6 heteroatoms. The van der Waals surface area contributed by atoms with Gasteiger partial charge in [-0.05, 0) is 37.6 Å². The third-order valence-corrected chi connectivity index (χ3v) is 7.53. The van der Waals surface area contributed by atoms with Crippen LogP contribution in [-0.2, 0) is 9.59 Å². The zero-order chi connectivity index (χ0) is 26.2. The van der Waals surface area contributed by atoms with E-state index in [0.717, 1.165) is 24.1 Å². The first kappa shape index (κ1) is 27.1. The fourth-order valence-electron chi connectivity index (χ4n) is 5.39. The number of fused-ring (bicyclic) bond motifs is 1. The molecular weight excluding hydrogens is 462 g/mol. The minimum absolute atomic E-state index is 0.232. The van der Waals surface area contributed by atoms with Gasteiger partial charge in [-0.25, -0.2) is 9.91 Å². The summed E-state index contributed by atoms with van der Waals surface area (Å²) in [6.45, 7) is 4.26. The van der Waals surface area contributed by atoms with Gasteiger partial charge in [-0.3, -0.25) is 9.59 Å². The Balaban J connectivity index is 1.48. The predicted octanol–water partition coefficient (Wildman–Crippen LogP) is 6.01. The van der Waals surface area contributed by atoms with E-state index in [1.807, 2.05) is 66.5 Å². The van der Waals surface area contributed by atoms with Crippen molar-refractivity contribution in [2.75, 3.05) is 10.3 Å². The molecule has 2 N–H and O–H groups in total. The maximum absolute atomic E-state index is 13.7. The number of hydrogen-bond donors (Lipinski definition) is 2. The van der Waals surface area contributed by atoms with Gasteiger partial charge < -0.3 is 10.5 Å². The quantitative estimate of drug-likeness (QED) is 0.199. The Morgan fingerprint density at radius 2 is 1.49 bits per heavy atom. The SMILES string of the molecule is CCCCCCCCCCC(O)C1C=CC2C(=O)N(c3ccccc3)C(=O)C2N1Nc1ccc(C)cc1. The van der Waals surface area contributed by atoms with Gasteiger partial charge in [0.15, 0.2) is 0 Å². The molecule has 4 rings (SSSR count). The first-order valence-corrected chi connectivity index (χ1v) is 13.9. The molecule has 0 spiro atoms. The van der Waals surface area contributed by atoms with Gasteiger partial charge in [0, 0.05) is 5.69 Å². The van der Waals surface area contributed by atoms with Crippen molar-refractivity contribution in [3.8, 4) is 0 Å². The van der Waals surface area contributed by atoms with Crippen molar-refractivity contribution in [3.63, 3.8) is 0 Å². The van der Waals surface area contributed by atoms with Crippen LogP contribution in [0.2, 0.25) is 0 Å². The number of imide groups is 1. The molecule has 2 aromatic rings. The summed E-state index contributed by atoms with van der Waals surface area (Å²) < 4.78 is 0. The van der Waals surface area contributed by atoms with Crippen LogP contribution in [0.4, 0.5) is 11.4 Å². The highest BCUT2D eigenvalue weighted by molar-refractivity contribution is 6.24. The monoisotopic (exact) mass is 503 g/mol. The molecule has 0 radical (unpaired) electrons. The molecule has 6 nitrogen and oxygen atoms in total. The Kier molecular flexibility index (Phi) is 9.53. The number of nitrogens with zero attached hydrogens (tertiary/aromatic N) is 2. The number of carbonyl (C=O) groups excluding carboxylic acids is 2. The lowest BCUT2D eigenvalue weighted by Gasteiger charge is -2.40. The highest BCUT2D eigenvalue weighted by Crippen LogP contribution is 2.36. The van der Waals surface area contributed by atoms with Gasteiger partial charge in [-0.15, -0.1) is 0 Å².